The van der Waals surface area contributed by atoms with Gasteiger partial charge >= 0.3 is 0 Å². The zero-order chi connectivity index (χ0) is 13.1. The van der Waals surface area contributed by atoms with Crippen LogP contribution in [0.2, 0.25) is 10.0 Å². The lowest BCUT2D eigenvalue weighted by atomic mass is 10.0. The van der Waals surface area contributed by atoms with E-state index in [-0.39, 0.29) is 0 Å². The van der Waals surface area contributed by atoms with Gasteiger partial charge in [0.2, 0.25) is 0 Å². The van der Waals surface area contributed by atoms with Crippen LogP contribution in [0.1, 0.15) is 10.4 Å². The maximum absolute atomic E-state index is 11.0. The highest BCUT2D eigenvalue weighted by molar-refractivity contribution is 6.42. The summed E-state index contributed by atoms with van der Waals surface area (Å²) >= 11 is 11.8. The summed E-state index contributed by atoms with van der Waals surface area (Å²) in [4.78, 5) is 11.0. The summed E-state index contributed by atoms with van der Waals surface area (Å²) in [5.74, 6) is 0.550. The van der Waals surface area contributed by atoms with Gasteiger partial charge in [0.1, 0.15) is 5.75 Å². The highest BCUT2D eigenvalue weighted by atomic mass is 35.5. The van der Waals surface area contributed by atoms with Gasteiger partial charge in [-0.1, -0.05) is 35.3 Å². The first-order valence-corrected chi connectivity index (χ1v) is 6.00. The molecule has 92 valence electrons. The Balaban J connectivity index is 2.50. The maximum Gasteiger partial charge on any atom is 0.153 e. The van der Waals surface area contributed by atoms with Crippen molar-refractivity contribution in [2.75, 3.05) is 7.11 Å². The predicted octanol–water partition coefficient (Wildman–Crippen LogP) is 4.48. The number of aldehydes is 1. The zero-order valence-electron chi connectivity index (χ0n) is 9.61. The summed E-state index contributed by atoms with van der Waals surface area (Å²) < 4.78 is 5.09. The Labute approximate surface area is 115 Å². The summed E-state index contributed by atoms with van der Waals surface area (Å²) in [6, 6.07) is 10.7. The molecule has 0 aromatic heterocycles. The summed E-state index contributed by atoms with van der Waals surface area (Å²) in [6.07, 6.45) is 0.764. The molecule has 0 saturated carbocycles. The molecule has 2 nitrogen and oxygen atoms in total. The molecule has 0 bridgehead atoms. The topological polar surface area (TPSA) is 26.3 Å². The normalized spacial score (nSPS) is 10.2. The van der Waals surface area contributed by atoms with Crippen molar-refractivity contribution in [3.05, 3.63) is 52.0 Å². The zero-order valence-corrected chi connectivity index (χ0v) is 11.1. The smallest absolute Gasteiger partial charge is 0.153 e. The lowest BCUT2D eigenvalue weighted by molar-refractivity contribution is 0.112. The van der Waals surface area contributed by atoms with Crippen LogP contribution in [0, 0.1) is 0 Å². The minimum Gasteiger partial charge on any atom is -0.496 e. The number of halogens is 2. The quantitative estimate of drug-likeness (QED) is 0.775. The monoisotopic (exact) mass is 280 g/mol. The molecule has 0 spiro atoms. The van der Waals surface area contributed by atoms with E-state index in [1.165, 1.54) is 7.11 Å². The molecule has 2 aromatic rings. The minimum absolute atomic E-state index is 0.484. The number of carbonyl (C=O) groups is 1. The van der Waals surface area contributed by atoms with Gasteiger partial charge in [0.15, 0.2) is 6.29 Å². The molecule has 0 atom stereocenters. The van der Waals surface area contributed by atoms with E-state index >= 15 is 0 Å². The van der Waals surface area contributed by atoms with Gasteiger partial charge in [-0.05, 0) is 35.4 Å². The van der Waals surface area contributed by atoms with Crippen LogP contribution in [0.3, 0.4) is 0 Å². The molecule has 0 radical (unpaired) electrons. The van der Waals surface area contributed by atoms with Crippen LogP contribution < -0.4 is 4.74 Å². The molecule has 0 aliphatic rings. The Bertz CT molecular complexity index is 594. The van der Waals surface area contributed by atoms with E-state index in [0.29, 0.717) is 21.4 Å². The second-order valence-corrected chi connectivity index (χ2v) is 4.52. The molecular formula is C14H10Cl2O2. The van der Waals surface area contributed by atoms with Crippen molar-refractivity contribution in [2.45, 2.75) is 0 Å². The van der Waals surface area contributed by atoms with Gasteiger partial charge in [0, 0.05) is 0 Å². The fourth-order valence-corrected chi connectivity index (χ4v) is 1.98. The average molecular weight is 281 g/mol. The third-order valence-electron chi connectivity index (χ3n) is 2.61. The Morgan fingerprint density at radius 3 is 2.28 bits per heavy atom. The number of methoxy groups -OCH3 is 1. The number of ether oxygens (including phenoxy) is 1. The number of benzene rings is 2. The van der Waals surface area contributed by atoms with Crippen molar-refractivity contribution in [1.29, 1.82) is 0 Å². The molecule has 0 aliphatic heterocycles. The number of carbonyl (C=O) groups excluding carboxylic acids is 1. The van der Waals surface area contributed by atoms with Crippen LogP contribution in [0.4, 0.5) is 0 Å². The highest BCUT2D eigenvalue weighted by Gasteiger charge is 2.06. The van der Waals surface area contributed by atoms with Gasteiger partial charge in [-0.3, -0.25) is 4.79 Å². The maximum atomic E-state index is 11.0. The van der Waals surface area contributed by atoms with E-state index in [4.69, 9.17) is 27.9 Å². The van der Waals surface area contributed by atoms with Crippen LogP contribution in [0.15, 0.2) is 36.4 Å². The highest BCUT2D eigenvalue weighted by Crippen LogP contribution is 2.30. The van der Waals surface area contributed by atoms with E-state index < -0.39 is 0 Å². The van der Waals surface area contributed by atoms with Crippen molar-refractivity contribution in [1.82, 2.24) is 0 Å². The van der Waals surface area contributed by atoms with Gasteiger partial charge in [-0.15, -0.1) is 0 Å². The molecule has 0 N–H and O–H groups in total. The second-order valence-electron chi connectivity index (χ2n) is 3.70. The van der Waals surface area contributed by atoms with Crippen molar-refractivity contribution >= 4 is 29.5 Å². The lowest BCUT2D eigenvalue weighted by Crippen LogP contribution is -1.91. The molecule has 0 aliphatic carbocycles. The van der Waals surface area contributed by atoms with Crippen molar-refractivity contribution in [2.24, 2.45) is 0 Å². The Morgan fingerprint density at radius 2 is 1.67 bits per heavy atom. The molecule has 0 saturated heterocycles. The Hall–Kier alpha value is -1.51. The average Bonchev–Trinajstić information content (AvgIpc) is 2.41. The lowest BCUT2D eigenvalue weighted by Gasteiger charge is -2.07. The number of rotatable bonds is 3. The summed E-state index contributed by atoms with van der Waals surface area (Å²) in [5, 5.41) is 0.988. The first kappa shape index (κ1) is 12.9. The van der Waals surface area contributed by atoms with Crippen LogP contribution in [0.5, 0.6) is 5.75 Å². The van der Waals surface area contributed by atoms with E-state index in [1.807, 2.05) is 12.1 Å². The summed E-state index contributed by atoms with van der Waals surface area (Å²) in [6.45, 7) is 0. The molecule has 0 unspecified atom stereocenters. The molecule has 0 amide bonds. The fraction of sp³-hybridized carbons (Fsp3) is 0.0714. The standard InChI is InChI=1S/C14H10Cl2O2/c1-18-14-5-3-9(6-11(14)8-17)10-2-4-12(15)13(16)7-10/h2-8H,1H3. The molecular weight excluding hydrogens is 271 g/mol. The van der Waals surface area contributed by atoms with Crippen molar-refractivity contribution < 1.29 is 9.53 Å². The first-order chi connectivity index (χ1) is 8.65. The van der Waals surface area contributed by atoms with Crippen LogP contribution in [-0.2, 0) is 0 Å². The fourth-order valence-electron chi connectivity index (χ4n) is 1.68. The van der Waals surface area contributed by atoms with Gasteiger partial charge in [-0.25, -0.2) is 0 Å². The van der Waals surface area contributed by atoms with E-state index in [0.717, 1.165) is 17.4 Å². The third-order valence-corrected chi connectivity index (χ3v) is 3.35. The number of hydrogen-bond donors (Lipinski definition) is 0. The summed E-state index contributed by atoms with van der Waals surface area (Å²) in [7, 11) is 1.53. The molecule has 2 aromatic carbocycles. The van der Waals surface area contributed by atoms with Gasteiger partial charge in [-0.2, -0.15) is 0 Å². The second kappa shape index (κ2) is 5.42. The van der Waals surface area contributed by atoms with Crippen LogP contribution >= 0.6 is 23.2 Å². The van der Waals surface area contributed by atoms with Crippen LogP contribution in [0.25, 0.3) is 11.1 Å². The summed E-state index contributed by atoms with van der Waals surface area (Å²) in [5.41, 5.74) is 2.28. The van der Waals surface area contributed by atoms with E-state index in [2.05, 4.69) is 0 Å². The third kappa shape index (κ3) is 2.50. The SMILES string of the molecule is COc1ccc(-c2ccc(Cl)c(Cl)c2)cc1C=O. The molecule has 0 fully saturated rings. The Morgan fingerprint density at radius 1 is 1.00 bits per heavy atom. The number of hydrogen-bond acceptors (Lipinski definition) is 2. The Kier molecular flexibility index (Phi) is 3.90. The predicted molar refractivity (Wildman–Crippen MR) is 73.8 cm³/mol. The largest absolute Gasteiger partial charge is 0.496 e. The molecule has 18 heavy (non-hydrogen) atoms. The van der Waals surface area contributed by atoms with Crippen molar-refractivity contribution in [3.8, 4) is 16.9 Å². The first-order valence-electron chi connectivity index (χ1n) is 5.24. The van der Waals surface area contributed by atoms with Crippen molar-refractivity contribution in [3.63, 3.8) is 0 Å². The molecule has 0 heterocycles. The van der Waals surface area contributed by atoms with E-state index in [9.17, 15) is 4.79 Å². The van der Waals surface area contributed by atoms with Crippen LogP contribution in [-0.4, -0.2) is 13.4 Å². The minimum atomic E-state index is 0.484. The molecule has 4 heteroatoms. The van der Waals surface area contributed by atoms with Gasteiger partial charge < -0.3 is 4.74 Å². The van der Waals surface area contributed by atoms with E-state index in [1.54, 1.807) is 24.3 Å². The van der Waals surface area contributed by atoms with Gasteiger partial charge in [0.05, 0.1) is 22.7 Å². The molecule has 2 rings (SSSR count). The van der Waals surface area contributed by atoms with Gasteiger partial charge in [0.25, 0.3) is 0 Å².